The number of carbonyl (C=O) groups excluding carboxylic acids is 3. The summed E-state index contributed by atoms with van der Waals surface area (Å²) in [6, 6.07) is 0. The lowest BCUT2D eigenvalue weighted by atomic mass is 10.0. The smallest absolute Gasteiger partial charge is 0.306 e. The maximum absolute atomic E-state index is 12.7. The molecule has 0 fully saturated rings. The van der Waals surface area contributed by atoms with Crippen molar-refractivity contribution in [1.82, 2.24) is 0 Å². The zero-order valence-electron chi connectivity index (χ0n) is 40.0. The van der Waals surface area contributed by atoms with Gasteiger partial charge in [-0.15, -0.1) is 0 Å². The monoisotopic (exact) mass is 843 g/mol. The Morgan fingerprint density at radius 2 is 0.650 bits per heavy atom. The fraction of sp³-hybridized carbons (Fsp3) is 0.833. The van der Waals surface area contributed by atoms with Crippen LogP contribution in [-0.2, 0) is 28.6 Å². The van der Waals surface area contributed by atoms with Crippen molar-refractivity contribution in [2.45, 2.75) is 277 Å². The molecule has 0 saturated heterocycles. The minimum Gasteiger partial charge on any atom is -0.462 e. The van der Waals surface area contributed by atoms with E-state index in [4.69, 9.17) is 14.2 Å². The highest BCUT2D eigenvalue weighted by molar-refractivity contribution is 5.71. The fourth-order valence-corrected chi connectivity index (χ4v) is 7.52. The van der Waals surface area contributed by atoms with Gasteiger partial charge in [0.05, 0.1) is 0 Å². The molecule has 0 amide bonds. The molecule has 6 heteroatoms. The second-order valence-electron chi connectivity index (χ2n) is 17.4. The summed E-state index contributed by atoms with van der Waals surface area (Å²) in [5.74, 6) is -0.898. The van der Waals surface area contributed by atoms with Gasteiger partial charge in [-0.2, -0.15) is 0 Å². The van der Waals surface area contributed by atoms with Crippen molar-refractivity contribution in [2.24, 2.45) is 0 Å². The average Bonchev–Trinajstić information content (AvgIpc) is 3.24. The van der Waals surface area contributed by atoms with Gasteiger partial charge in [0.15, 0.2) is 6.10 Å². The molecule has 0 N–H and O–H groups in total. The first kappa shape index (κ1) is 57.6. The van der Waals surface area contributed by atoms with Gasteiger partial charge in [0.2, 0.25) is 0 Å². The zero-order chi connectivity index (χ0) is 43.7. The van der Waals surface area contributed by atoms with Crippen LogP contribution in [0.5, 0.6) is 0 Å². The van der Waals surface area contributed by atoms with Gasteiger partial charge in [0.1, 0.15) is 13.2 Å². The maximum atomic E-state index is 12.7. The van der Waals surface area contributed by atoms with Crippen LogP contribution in [0.4, 0.5) is 0 Å². The Hall–Kier alpha value is -2.37. The van der Waals surface area contributed by atoms with Crippen molar-refractivity contribution in [3.05, 3.63) is 36.5 Å². The van der Waals surface area contributed by atoms with Crippen molar-refractivity contribution in [2.75, 3.05) is 13.2 Å². The SMILES string of the molecule is CC/C=C\C/C=C\C/C=C\CCCCCCCC(=O)OC(COC(=O)CCCCCCC)COC(=O)CCCCCCCCCCCCCCCCCCCCCCCC. The van der Waals surface area contributed by atoms with Crippen molar-refractivity contribution in [1.29, 1.82) is 0 Å². The molecule has 0 aliphatic carbocycles. The van der Waals surface area contributed by atoms with Crippen molar-refractivity contribution in [3.63, 3.8) is 0 Å². The number of hydrogen-bond donors (Lipinski definition) is 0. The van der Waals surface area contributed by atoms with Gasteiger partial charge in [-0.05, 0) is 51.4 Å². The quantitative estimate of drug-likeness (QED) is 0.0263. The molecule has 1 atom stereocenters. The molecule has 0 rings (SSSR count). The number of allylic oxidation sites excluding steroid dienone is 6. The molecule has 0 radical (unpaired) electrons. The normalized spacial score (nSPS) is 12.2. The second-order valence-corrected chi connectivity index (χ2v) is 17.4. The van der Waals surface area contributed by atoms with Crippen molar-refractivity contribution < 1.29 is 28.6 Å². The molecular formula is C54H98O6. The van der Waals surface area contributed by atoms with Gasteiger partial charge in [-0.3, -0.25) is 14.4 Å². The molecule has 0 aliphatic heterocycles. The minimum absolute atomic E-state index is 0.0765. The van der Waals surface area contributed by atoms with Gasteiger partial charge in [0, 0.05) is 19.3 Å². The van der Waals surface area contributed by atoms with Crippen molar-refractivity contribution in [3.8, 4) is 0 Å². The number of hydrogen-bond acceptors (Lipinski definition) is 6. The molecular weight excluding hydrogens is 745 g/mol. The van der Waals surface area contributed by atoms with Crippen LogP contribution < -0.4 is 0 Å². The van der Waals surface area contributed by atoms with E-state index in [1.54, 1.807) is 0 Å². The van der Waals surface area contributed by atoms with Crippen LogP contribution in [0, 0.1) is 0 Å². The molecule has 0 saturated carbocycles. The Morgan fingerprint density at radius 1 is 0.350 bits per heavy atom. The van der Waals surface area contributed by atoms with E-state index >= 15 is 0 Å². The van der Waals surface area contributed by atoms with Crippen LogP contribution in [-0.4, -0.2) is 37.2 Å². The third kappa shape index (κ3) is 46.7. The third-order valence-corrected chi connectivity index (χ3v) is 11.4. The van der Waals surface area contributed by atoms with E-state index in [0.717, 1.165) is 103 Å². The fourth-order valence-electron chi connectivity index (χ4n) is 7.52. The lowest BCUT2D eigenvalue weighted by Crippen LogP contribution is -2.30. The largest absolute Gasteiger partial charge is 0.462 e. The number of rotatable bonds is 47. The summed E-state index contributed by atoms with van der Waals surface area (Å²) in [6.45, 7) is 6.45. The van der Waals surface area contributed by atoms with Crippen LogP contribution in [0.15, 0.2) is 36.5 Å². The summed E-state index contributed by atoms with van der Waals surface area (Å²) in [4.78, 5) is 37.6. The Bertz CT molecular complexity index is 1020. The predicted molar refractivity (Wildman–Crippen MR) is 256 cm³/mol. The summed E-state index contributed by atoms with van der Waals surface area (Å²) in [6.07, 6.45) is 57.5. The molecule has 60 heavy (non-hydrogen) atoms. The molecule has 0 aromatic carbocycles. The summed E-state index contributed by atoms with van der Waals surface area (Å²) >= 11 is 0. The van der Waals surface area contributed by atoms with Gasteiger partial charge in [-0.25, -0.2) is 0 Å². The van der Waals surface area contributed by atoms with Crippen molar-refractivity contribution >= 4 is 17.9 Å². The van der Waals surface area contributed by atoms with Gasteiger partial charge in [-0.1, -0.05) is 237 Å². The minimum atomic E-state index is -0.774. The van der Waals surface area contributed by atoms with Crippen LogP contribution in [0.1, 0.15) is 271 Å². The summed E-state index contributed by atoms with van der Waals surface area (Å²) in [5.41, 5.74) is 0. The molecule has 1 unspecified atom stereocenters. The lowest BCUT2D eigenvalue weighted by molar-refractivity contribution is -0.167. The van der Waals surface area contributed by atoms with Gasteiger partial charge in [0.25, 0.3) is 0 Å². The Balaban J connectivity index is 4.09. The van der Waals surface area contributed by atoms with Gasteiger partial charge >= 0.3 is 17.9 Å². The first-order valence-electron chi connectivity index (χ1n) is 26.0. The van der Waals surface area contributed by atoms with Crippen LogP contribution in [0.2, 0.25) is 0 Å². The number of esters is 3. The first-order chi connectivity index (χ1) is 29.5. The van der Waals surface area contributed by atoms with E-state index in [1.807, 2.05) is 0 Å². The molecule has 0 aliphatic rings. The molecule has 0 heterocycles. The maximum Gasteiger partial charge on any atom is 0.306 e. The molecule has 350 valence electrons. The van der Waals surface area contributed by atoms with E-state index in [0.29, 0.717) is 19.3 Å². The highest BCUT2D eigenvalue weighted by atomic mass is 16.6. The average molecular weight is 843 g/mol. The molecule has 0 aromatic heterocycles. The molecule has 0 spiro atoms. The Kier molecular flexibility index (Phi) is 47.3. The standard InChI is InChI=1S/C54H98O6/c1-4-7-10-13-15-17-19-21-23-24-25-26-27-28-29-31-32-34-36-38-41-44-47-53(56)59-50-51(49-58-52(55)46-43-40-12-9-6-3)60-54(57)48-45-42-39-37-35-33-30-22-20-18-16-14-11-8-5-2/h8,11,16,18,22,30,51H,4-7,9-10,12-15,17,19-21,23-29,31-50H2,1-3H3/b11-8-,18-16-,30-22-. The number of ether oxygens (including phenoxy) is 3. The van der Waals surface area contributed by atoms with Crippen LogP contribution in [0.3, 0.4) is 0 Å². The number of carbonyl (C=O) groups is 3. The van der Waals surface area contributed by atoms with E-state index in [9.17, 15) is 14.4 Å². The Morgan fingerprint density at radius 3 is 1.02 bits per heavy atom. The lowest BCUT2D eigenvalue weighted by Gasteiger charge is -2.18. The van der Waals surface area contributed by atoms with E-state index < -0.39 is 6.10 Å². The van der Waals surface area contributed by atoms with E-state index in [2.05, 4.69) is 57.2 Å². The predicted octanol–water partition coefficient (Wildman–Crippen LogP) is 16.9. The van der Waals surface area contributed by atoms with Gasteiger partial charge < -0.3 is 14.2 Å². The third-order valence-electron chi connectivity index (χ3n) is 11.4. The molecule has 0 aromatic rings. The topological polar surface area (TPSA) is 78.9 Å². The highest BCUT2D eigenvalue weighted by Crippen LogP contribution is 2.16. The second kappa shape index (κ2) is 49.3. The zero-order valence-corrected chi connectivity index (χ0v) is 40.0. The summed E-state index contributed by atoms with van der Waals surface area (Å²) in [7, 11) is 0. The first-order valence-corrected chi connectivity index (χ1v) is 26.0. The summed E-state index contributed by atoms with van der Waals surface area (Å²) < 4.78 is 16.7. The molecule has 6 nitrogen and oxygen atoms in total. The van der Waals surface area contributed by atoms with Crippen LogP contribution >= 0.6 is 0 Å². The highest BCUT2D eigenvalue weighted by Gasteiger charge is 2.19. The Labute approximate surface area is 372 Å². The van der Waals surface area contributed by atoms with Crippen LogP contribution in [0.25, 0.3) is 0 Å². The van der Waals surface area contributed by atoms with E-state index in [1.165, 1.54) is 128 Å². The molecule has 0 bridgehead atoms. The summed E-state index contributed by atoms with van der Waals surface area (Å²) in [5, 5.41) is 0. The number of unbranched alkanes of at least 4 members (excludes halogenated alkanes) is 30. The van der Waals surface area contributed by atoms with E-state index in [-0.39, 0.29) is 31.1 Å².